The number of amides is 1. The van der Waals surface area contributed by atoms with Crippen molar-refractivity contribution in [3.63, 3.8) is 0 Å². The Morgan fingerprint density at radius 3 is 2.63 bits per heavy atom. The minimum absolute atomic E-state index is 0.0620. The van der Waals surface area contributed by atoms with E-state index in [-0.39, 0.29) is 10.8 Å². The van der Waals surface area contributed by atoms with Gasteiger partial charge in [-0.25, -0.2) is 13.2 Å². The van der Waals surface area contributed by atoms with Crippen LogP contribution in [0.25, 0.3) is 0 Å². The van der Waals surface area contributed by atoms with Crippen LogP contribution < -0.4 is 0 Å². The molecule has 1 aromatic rings. The van der Waals surface area contributed by atoms with Crippen molar-refractivity contribution in [2.24, 2.45) is 5.92 Å². The molecule has 0 spiro atoms. The summed E-state index contributed by atoms with van der Waals surface area (Å²) in [5, 5.41) is 0.439. The van der Waals surface area contributed by atoms with Gasteiger partial charge in [0.2, 0.25) is 10.0 Å². The molecule has 1 saturated heterocycles. The predicted molar refractivity (Wildman–Crippen MR) is 107 cm³/mol. The Morgan fingerprint density at radius 2 is 2.04 bits per heavy atom. The molecular formula is C19H29ClN2O4S. The van der Waals surface area contributed by atoms with E-state index in [1.807, 2.05) is 27.7 Å². The zero-order valence-corrected chi connectivity index (χ0v) is 18.2. The van der Waals surface area contributed by atoms with Gasteiger partial charge in [-0.3, -0.25) is 0 Å². The molecule has 1 aliphatic heterocycles. The Labute approximate surface area is 167 Å². The number of hydrogen-bond acceptors (Lipinski definition) is 4. The van der Waals surface area contributed by atoms with E-state index < -0.39 is 21.7 Å². The number of piperidine rings is 1. The molecule has 0 radical (unpaired) electrons. The van der Waals surface area contributed by atoms with Crippen molar-refractivity contribution >= 4 is 27.7 Å². The van der Waals surface area contributed by atoms with Crippen LogP contribution in [0.5, 0.6) is 0 Å². The van der Waals surface area contributed by atoms with Gasteiger partial charge >= 0.3 is 6.09 Å². The van der Waals surface area contributed by atoms with Crippen molar-refractivity contribution in [3.8, 4) is 0 Å². The molecule has 0 unspecified atom stereocenters. The van der Waals surface area contributed by atoms with Crippen molar-refractivity contribution in [1.82, 2.24) is 9.21 Å². The summed E-state index contributed by atoms with van der Waals surface area (Å²) in [4.78, 5) is 13.9. The Balaban J connectivity index is 2.06. The summed E-state index contributed by atoms with van der Waals surface area (Å²) in [7, 11) is -1.92. The molecule has 8 heteroatoms. The van der Waals surface area contributed by atoms with Gasteiger partial charge in [0, 0.05) is 31.7 Å². The molecule has 1 aliphatic rings. The molecule has 0 N–H and O–H groups in total. The maximum atomic E-state index is 13.0. The maximum Gasteiger partial charge on any atom is 0.410 e. The largest absolute Gasteiger partial charge is 0.444 e. The van der Waals surface area contributed by atoms with E-state index in [4.69, 9.17) is 16.3 Å². The van der Waals surface area contributed by atoms with Gasteiger partial charge in [0.25, 0.3) is 0 Å². The van der Waals surface area contributed by atoms with Crippen LogP contribution >= 0.6 is 11.6 Å². The molecule has 0 bridgehead atoms. The quantitative estimate of drug-likeness (QED) is 0.746. The van der Waals surface area contributed by atoms with Crippen LogP contribution in [0, 0.1) is 12.8 Å². The number of halogens is 1. The number of sulfonamides is 1. The smallest absolute Gasteiger partial charge is 0.410 e. The Bertz CT molecular complexity index is 789. The first-order chi connectivity index (χ1) is 12.4. The van der Waals surface area contributed by atoms with Gasteiger partial charge in [0.05, 0.1) is 4.90 Å². The molecule has 1 amide bonds. The van der Waals surface area contributed by atoms with E-state index in [1.54, 1.807) is 19.2 Å². The lowest BCUT2D eigenvalue weighted by molar-refractivity contribution is 0.0258. The zero-order valence-electron chi connectivity index (χ0n) is 16.7. The van der Waals surface area contributed by atoms with Gasteiger partial charge in [-0.2, -0.15) is 4.31 Å². The molecule has 2 rings (SSSR count). The number of nitrogens with zero attached hydrogens (tertiary/aromatic N) is 2. The molecule has 1 heterocycles. The molecule has 0 aromatic heterocycles. The van der Waals surface area contributed by atoms with E-state index >= 15 is 0 Å². The first-order valence-corrected chi connectivity index (χ1v) is 10.9. The van der Waals surface area contributed by atoms with Crippen molar-refractivity contribution < 1.29 is 17.9 Å². The molecule has 0 saturated carbocycles. The van der Waals surface area contributed by atoms with Crippen LogP contribution in [-0.4, -0.2) is 56.0 Å². The summed E-state index contributed by atoms with van der Waals surface area (Å²) in [6.45, 7) is 8.60. The van der Waals surface area contributed by atoms with E-state index in [2.05, 4.69) is 0 Å². The zero-order chi connectivity index (χ0) is 20.4. The lowest BCUT2D eigenvalue weighted by Crippen LogP contribution is -2.44. The number of aryl methyl sites for hydroxylation is 1. The Hall–Kier alpha value is -1.31. The van der Waals surface area contributed by atoms with Crippen LogP contribution in [0.1, 0.15) is 39.2 Å². The third-order valence-electron chi connectivity index (χ3n) is 4.50. The summed E-state index contributed by atoms with van der Waals surface area (Å²) >= 11 is 6.10. The fraction of sp³-hybridized carbons (Fsp3) is 0.632. The average Bonchev–Trinajstić information content (AvgIpc) is 2.56. The number of hydrogen-bond donors (Lipinski definition) is 0. The second kappa shape index (κ2) is 8.37. The molecule has 1 aromatic carbocycles. The minimum Gasteiger partial charge on any atom is -0.444 e. The SMILES string of the molecule is Cc1ccc(S(=O)(=O)N2CCC[C@@H](CN(C)C(=O)OC(C)(C)C)C2)cc1Cl. The monoisotopic (exact) mass is 416 g/mol. The van der Waals surface area contributed by atoms with Crippen LogP contribution in [0.15, 0.2) is 23.1 Å². The lowest BCUT2D eigenvalue weighted by atomic mass is 9.99. The van der Waals surface area contributed by atoms with Crippen LogP contribution in [-0.2, 0) is 14.8 Å². The standard InChI is InChI=1S/C19H29ClN2O4S/c1-14-8-9-16(11-17(14)20)27(24,25)22-10-6-7-15(13-22)12-21(5)18(23)26-19(2,3)4/h8-9,11,15H,6-7,10,12-13H2,1-5H3/t15-/m0/s1. The maximum absolute atomic E-state index is 13.0. The van der Waals surface area contributed by atoms with Crippen LogP contribution in [0.3, 0.4) is 0 Å². The number of rotatable bonds is 4. The van der Waals surface area contributed by atoms with Crippen LogP contribution in [0.2, 0.25) is 5.02 Å². The van der Waals surface area contributed by atoms with E-state index in [0.717, 1.165) is 18.4 Å². The average molecular weight is 417 g/mol. The molecule has 6 nitrogen and oxygen atoms in total. The Morgan fingerprint density at radius 1 is 1.37 bits per heavy atom. The first-order valence-electron chi connectivity index (χ1n) is 9.10. The molecule has 0 aliphatic carbocycles. The summed E-state index contributed by atoms with van der Waals surface area (Å²) in [5.41, 5.74) is 0.281. The Kier molecular flexibility index (Phi) is 6.81. The fourth-order valence-electron chi connectivity index (χ4n) is 3.08. The number of benzene rings is 1. The third kappa shape index (κ3) is 5.83. The van der Waals surface area contributed by atoms with Gasteiger partial charge in [-0.1, -0.05) is 17.7 Å². The summed E-state index contributed by atoms with van der Waals surface area (Å²) < 4.78 is 32.8. The molecule has 152 valence electrons. The normalized spacial score (nSPS) is 19.0. The van der Waals surface area contributed by atoms with E-state index in [9.17, 15) is 13.2 Å². The number of carbonyl (C=O) groups is 1. The lowest BCUT2D eigenvalue weighted by Gasteiger charge is -2.34. The molecule has 1 fully saturated rings. The highest BCUT2D eigenvalue weighted by Gasteiger charge is 2.32. The predicted octanol–water partition coefficient (Wildman–Crippen LogP) is 3.92. The van der Waals surface area contributed by atoms with Gasteiger partial charge in [0.15, 0.2) is 0 Å². The van der Waals surface area contributed by atoms with Crippen LogP contribution in [0.4, 0.5) is 4.79 Å². The second-order valence-electron chi connectivity index (χ2n) is 8.14. The van der Waals surface area contributed by atoms with Crippen molar-refractivity contribution in [1.29, 1.82) is 0 Å². The van der Waals surface area contributed by atoms with E-state index in [0.29, 0.717) is 24.7 Å². The third-order valence-corrected chi connectivity index (χ3v) is 6.77. The number of ether oxygens (including phenoxy) is 1. The highest BCUT2D eigenvalue weighted by molar-refractivity contribution is 7.89. The molecule has 27 heavy (non-hydrogen) atoms. The first kappa shape index (κ1) is 22.0. The molecular weight excluding hydrogens is 388 g/mol. The van der Waals surface area contributed by atoms with E-state index in [1.165, 1.54) is 15.3 Å². The van der Waals surface area contributed by atoms with Gasteiger partial charge < -0.3 is 9.64 Å². The molecule has 1 atom stereocenters. The summed E-state index contributed by atoms with van der Waals surface area (Å²) in [5.74, 6) is 0.0620. The number of carbonyl (C=O) groups excluding carboxylic acids is 1. The van der Waals surface area contributed by atoms with Crippen molar-refractivity contribution in [2.45, 2.75) is 51.0 Å². The van der Waals surface area contributed by atoms with Crippen molar-refractivity contribution in [3.05, 3.63) is 28.8 Å². The summed E-state index contributed by atoms with van der Waals surface area (Å²) in [6.07, 6.45) is 1.23. The second-order valence-corrected chi connectivity index (χ2v) is 10.5. The summed E-state index contributed by atoms with van der Waals surface area (Å²) in [6, 6.07) is 4.81. The highest BCUT2D eigenvalue weighted by atomic mass is 35.5. The van der Waals surface area contributed by atoms with Gasteiger partial charge in [0.1, 0.15) is 5.60 Å². The van der Waals surface area contributed by atoms with Crippen molar-refractivity contribution in [2.75, 3.05) is 26.7 Å². The van der Waals surface area contributed by atoms with Gasteiger partial charge in [-0.05, 0) is 64.2 Å². The minimum atomic E-state index is -3.60. The fourth-order valence-corrected chi connectivity index (χ4v) is 4.91. The van der Waals surface area contributed by atoms with Gasteiger partial charge in [-0.15, -0.1) is 0 Å². The highest BCUT2D eigenvalue weighted by Crippen LogP contribution is 2.27. The topological polar surface area (TPSA) is 66.9 Å².